The number of alkyl halides is 1. The minimum absolute atomic E-state index is 0.0723. The van der Waals surface area contributed by atoms with E-state index in [0.717, 1.165) is 11.1 Å². The van der Waals surface area contributed by atoms with Crippen LogP contribution in [0.2, 0.25) is 0 Å². The number of carbonyl (C=O) groups is 1. The van der Waals surface area contributed by atoms with Gasteiger partial charge in [-0.3, -0.25) is 4.79 Å². The standard InChI is InChI=1S/C22H25ClO6/c1-15(24)26-14-18-19(23)20(27-12-16-8-4-2-5-9-16)21(22(25)29-18)28-13-17-10-6-3-7-11-17/h2-11,18-22,25H,12-14H2,1H3/t18-,19+,20+,21-,22+/m1/s1. The summed E-state index contributed by atoms with van der Waals surface area (Å²) in [7, 11) is 0. The van der Waals surface area contributed by atoms with Crippen LogP contribution in [-0.2, 0) is 37.0 Å². The maximum Gasteiger partial charge on any atom is 0.302 e. The number of esters is 1. The Kier molecular flexibility index (Phi) is 8.03. The predicted molar refractivity (Wildman–Crippen MR) is 107 cm³/mol. The number of halogens is 1. The quantitative estimate of drug-likeness (QED) is 0.522. The normalized spacial score (nSPS) is 26.8. The van der Waals surface area contributed by atoms with Crippen LogP contribution in [0.25, 0.3) is 0 Å². The van der Waals surface area contributed by atoms with Gasteiger partial charge in [-0.05, 0) is 11.1 Å². The van der Waals surface area contributed by atoms with Crippen LogP contribution in [0, 0.1) is 0 Å². The van der Waals surface area contributed by atoms with Gasteiger partial charge in [0, 0.05) is 6.92 Å². The molecule has 0 amide bonds. The van der Waals surface area contributed by atoms with Gasteiger partial charge in [0.25, 0.3) is 0 Å². The molecule has 2 aromatic rings. The summed E-state index contributed by atoms with van der Waals surface area (Å²) in [5.74, 6) is -0.448. The van der Waals surface area contributed by atoms with E-state index in [1.807, 2.05) is 60.7 Å². The zero-order valence-corrected chi connectivity index (χ0v) is 16.9. The lowest BCUT2D eigenvalue weighted by Crippen LogP contribution is -2.58. The molecular weight excluding hydrogens is 396 g/mol. The molecule has 156 valence electrons. The third kappa shape index (κ3) is 6.26. The molecular formula is C22H25ClO6. The van der Waals surface area contributed by atoms with Crippen molar-refractivity contribution in [2.45, 2.75) is 50.1 Å². The van der Waals surface area contributed by atoms with Crippen molar-refractivity contribution >= 4 is 17.6 Å². The molecule has 0 unspecified atom stereocenters. The molecule has 5 atom stereocenters. The molecule has 1 saturated heterocycles. The number of benzene rings is 2. The van der Waals surface area contributed by atoms with E-state index in [9.17, 15) is 9.90 Å². The van der Waals surface area contributed by atoms with Gasteiger partial charge in [0.2, 0.25) is 0 Å². The van der Waals surface area contributed by atoms with E-state index in [-0.39, 0.29) is 13.2 Å². The Bertz CT molecular complexity index is 756. The van der Waals surface area contributed by atoms with Gasteiger partial charge >= 0.3 is 5.97 Å². The Morgan fingerprint density at radius 2 is 1.48 bits per heavy atom. The first kappa shape index (κ1) is 21.7. The summed E-state index contributed by atoms with van der Waals surface area (Å²) < 4.78 is 22.6. The summed E-state index contributed by atoms with van der Waals surface area (Å²) >= 11 is 6.61. The lowest BCUT2D eigenvalue weighted by atomic mass is 10.0. The van der Waals surface area contributed by atoms with Crippen LogP contribution >= 0.6 is 11.6 Å². The van der Waals surface area contributed by atoms with Gasteiger partial charge in [0.1, 0.15) is 24.9 Å². The van der Waals surface area contributed by atoms with Gasteiger partial charge in [0.15, 0.2) is 6.29 Å². The molecule has 6 nitrogen and oxygen atoms in total. The molecule has 0 radical (unpaired) electrons. The average molecular weight is 421 g/mol. The Morgan fingerprint density at radius 3 is 2.00 bits per heavy atom. The first-order valence-electron chi connectivity index (χ1n) is 9.46. The fourth-order valence-corrected chi connectivity index (χ4v) is 3.46. The SMILES string of the molecule is CC(=O)OC[C@H]1O[C@H](O)[C@H](OCc2ccccc2)[C@@H](OCc2ccccc2)[C@H]1Cl. The van der Waals surface area contributed by atoms with Crippen molar-refractivity contribution in [2.24, 2.45) is 0 Å². The van der Waals surface area contributed by atoms with E-state index in [1.54, 1.807) is 0 Å². The number of aliphatic hydroxyl groups is 1. The number of hydrogen-bond acceptors (Lipinski definition) is 6. The molecule has 7 heteroatoms. The van der Waals surface area contributed by atoms with Gasteiger partial charge in [0.05, 0.1) is 18.6 Å². The zero-order chi connectivity index (χ0) is 20.6. The van der Waals surface area contributed by atoms with Crippen LogP contribution in [0.4, 0.5) is 0 Å². The van der Waals surface area contributed by atoms with E-state index < -0.39 is 35.9 Å². The van der Waals surface area contributed by atoms with Crippen molar-refractivity contribution in [3.05, 3.63) is 71.8 Å². The van der Waals surface area contributed by atoms with Crippen LogP contribution in [0.5, 0.6) is 0 Å². The maximum absolute atomic E-state index is 11.2. The summed E-state index contributed by atoms with van der Waals surface area (Å²) in [5.41, 5.74) is 1.92. The third-order valence-corrected chi connectivity index (χ3v) is 5.14. The van der Waals surface area contributed by atoms with Gasteiger partial charge in [-0.15, -0.1) is 11.6 Å². The lowest BCUT2D eigenvalue weighted by molar-refractivity contribution is -0.274. The number of ether oxygens (including phenoxy) is 4. The molecule has 0 spiro atoms. The molecule has 0 aliphatic carbocycles. The van der Waals surface area contributed by atoms with Crippen molar-refractivity contribution in [1.29, 1.82) is 0 Å². The highest BCUT2D eigenvalue weighted by Crippen LogP contribution is 2.30. The lowest BCUT2D eigenvalue weighted by Gasteiger charge is -2.42. The summed E-state index contributed by atoms with van der Waals surface area (Å²) in [6.07, 6.45) is -3.44. The Morgan fingerprint density at radius 1 is 0.966 bits per heavy atom. The number of aliphatic hydroxyl groups excluding tert-OH is 1. The van der Waals surface area contributed by atoms with Gasteiger partial charge < -0.3 is 24.1 Å². The average Bonchev–Trinajstić information content (AvgIpc) is 2.73. The maximum atomic E-state index is 11.2. The van der Waals surface area contributed by atoms with Crippen LogP contribution in [0.3, 0.4) is 0 Å². The molecule has 1 N–H and O–H groups in total. The van der Waals surface area contributed by atoms with Crippen molar-refractivity contribution < 1.29 is 28.8 Å². The molecule has 1 heterocycles. The molecule has 0 saturated carbocycles. The molecule has 0 bridgehead atoms. The minimum atomic E-state index is -1.27. The van der Waals surface area contributed by atoms with E-state index in [4.69, 9.17) is 30.5 Å². The largest absolute Gasteiger partial charge is 0.463 e. The third-order valence-electron chi connectivity index (χ3n) is 4.61. The van der Waals surface area contributed by atoms with Crippen LogP contribution < -0.4 is 0 Å². The van der Waals surface area contributed by atoms with E-state index in [1.165, 1.54) is 6.92 Å². The Balaban J connectivity index is 1.71. The molecule has 1 aliphatic rings. The predicted octanol–water partition coefficient (Wildman–Crippen LogP) is 3.04. The second-order valence-corrected chi connectivity index (χ2v) is 7.34. The van der Waals surface area contributed by atoms with Gasteiger partial charge in [-0.1, -0.05) is 60.7 Å². The molecule has 2 aromatic carbocycles. The summed E-state index contributed by atoms with van der Waals surface area (Å²) in [6.45, 7) is 1.80. The molecule has 3 rings (SSSR count). The van der Waals surface area contributed by atoms with Crippen molar-refractivity contribution in [3.63, 3.8) is 0 Å². The zero-order valence-electron chi connectivity index (χ0n) is 16.1. The summed E-state index contributed by atoms with van der Waals surface area (Å²) in [4.78, 5) is 11.2. The van der Waals surface area contributed by atoms with E-state index in [2.05, 4.69) is 0 Å². The monoisotopic (exact) mass is 420 g/mol. The molecule has 0 aromatic heterocycles. The highest BCUT2D eigenvalue weighted by Gasteiger charge is 2.46. The summed E-state index contributed by atoms with van der Waals surface area (Å²) in [5, 5.41) is 9.86. The van der Waals surface area contributed by atoms with Crippen molar-refractivity contribution in [1.82, 2.24) is 0 Å². The first-order valence-corrected chi connectivity index (χ1v) is 9.90. The number of hydrogen-bond donors (Lipinski definition) is 1. The first-order chi connectivity index (χ1) is 14.0. The number of rotatable bonds is 8. The molecule has 1 fully saturated rings. The fraction of sp³-hybridized carbons (Fsp3) is 0.409. The van der Waals surface area contributed by atoms with Crippen molar-refractivity contribution in [3.8, 4) is 0 Å². The number of carbonyl (C=O) groups excluding carboxylic acids is 1. The van der Waals surface area contributed by atoms with E-state index >= 15 is 0 Å². The van der Waals surface area contributed by atoms with Crippen molar-refractivity contribution in [2.75, 3.05) is 6.61 Å². The van der Waals surface area contributed by atoms with Crippen LogP contribution in [-0.4, -0.2) is 47.7 Å². The second-order valence-electron chi connectivity index (χ2n) is 6.83. The van der Waals surface area contributed by atoms with Gasteiger partial charge in [-0.2, -0.15) is 0 Å². The van der Waals surface area contributed by atoms with E-state index in [0.29, 0.717) is 6.61 Å². The van der Waals surface area contributed by atoms with Crippen LogP contribution in [0.1, 0.15) is 18.1 Å². The van der Waals surface area contributed by atoms with Crippen LogP contribution in [0.15, 0.2) is 60.7 Å². The smallest absolute Gasteiger partial charge is 0.302 e. The second kappa shape index (κ2) is 10.7. The Hall–Kier alpha value is -1.96. The topological polar surface area (TPSA) is 74.2 Å². The highest BCUT2D eigenvalue weighted by molar-refractivity contribution is 6.21. The van der Waals surface area contributed by atoms with Gasteiger partial charge in [-0.25, -0.2) is 0 Å². The summed E-state index contributed by atoms with van der Waals surface area (Å²) in [6, 6.07) is 19.2. The molecule has 29 heavy (non-hydrogen) atoms. The molecule has 1 aliphatic heterocycles. The fourth-order valence-electron chi connectivity index (χ4n) is 3.11. The highest BCUT2D eigenvalue weighted by atomic mass is 35.5. The minimum Gasteiger partial charge on any atom is -0.463 e. The Labute approximate surface area is 175 Å².